The number of hydrogen-bond donors (Lipinski definition) is 1. The van der Waals surface area contributed by atoms with Crippen LogP contribution in [0.1, 0.15) is 48.2 Å². The topological polar surface area (TPSA) is 98.0 Å². The Morgan fingerprint density at radius 1 is 1.15 bits per heavy atom. The van der Waals surface area contributed by atoms with E-state index in [1.54, 1.807) is 35.2 Å². The van der Waals surface area contributed by atoms with Gasteiger partial charge >= 0.3 is 6.03 Å². The first-order valence-electron chi connectivity index (χ1n) is 12.9. The summed E-state index contributed by atoms with van der Waals surface area (Å²) in [5.74, 6) is 0.639. The minimum Gasteiger partial charge on any atom is -0.490 e. The van der Waals surface area contributed by atoms with E-state index in [-0.39, 0.29) is 24.6 Å². The fourth-order valence-electron chi connectivity index (χ4n) is 4.97. The summed E-state index contributed by atoms with van der Waals surface area (Å²) in [6, 6.07) is 21.1. The molecule has 2 atom stereocenters. The molecule has 5 rings (SSSR count). The average Bonchev–Trinajstić information content (AvgIpc) is 3.33. The molecule has 2 aliphatic rings. The van der Waals surface area contributed by atoms with E-state index in [0.29, 0.717) is 40.8 Å². The number of halogens is 2. The zero-order chi connectivity index (χ0) is 28.4. The number of carbonyl (C=O) groups is 2. The first kappa shape index (κ1) is 27.7. The average molecular weight is 621 g/mol. The molecule has 2 heterocycles. The maximum Gasteiger partial charge on any atom is 0.326 e. The summed E-state index contributed by atoms with van der Waals surface area (Å²) in [5.41, 5.74) is 2.75. The van der Waals surface area contributed by atoms with Crippen molar-refractivity contribution in [3.63, 3.8) is 0 Å². The number of nitrogens with one attached hydrogen (secondary N) is 1. The van der Waals surface area contributed by atoms with Crippen molar-refractivity contribution in [2.75, 3.05) is 19.6 Å². The third-order valence-corrected chi connectivity index (χ3v) is 7.44. The lowest BCUT2D eigenvalue weighted by atomic mass is 9.93. The largest absolute Gasteiger partial charge is 0.490 e. The van der Waals surface area contributed by atoms with Gasteiger partial charge in [0.1, 0.15) is 24.2 Å². The number of nitriles is 1. The van der Waals surface area contributed by atoms with Crippen LogP contribution in [0.4, 0.5) is 4.79 Å². The maximum atomic E-state index is 14.4. The Balaban J connectivity index is 1.72. The predicted molar refractivity (Wildman–Crippen MR) is 156 cm³/mol. The van der Waals surface area contributed by atoms with Gasteiger partial charge in [-0.3, -0.25) is 14.7 Å². The summed E-state index contributed by atoms with van der Waals surface area (Å²) < 4.78 is 7.00. The van der Waals surface area contributed by atoms with Gasteiger partial charge in [0.05, 0.1) is 29.3 Å². The molecule has 8 nitrogen and oxygen atoms in total. The second kappa shape index (κ2) is 11.7. The molecule has 0 spiro atoms. The zero-order valence-corrected chi connectivity index (χ0v) is 24.3. The molecule has 0 bridgehead atoms. The fraction of sp³-hybridized carbons (Fsp3) is 0.267. The lowest BCUT2D eigenvalue weighted by Crippen LogP contribution is -2.55. The second-order valence-electron chi connectivity index (χ2n) is 9.86. The molecule has 10 heteroatoms. The number of piperazine rings is 1. The summed E-state index contributed by atoms with van der Waals surface area (Å²) in [6.07, 6.45) is -0.183. The van der Waals surface area contributed by atoms with Gasteiger partial charge in [-0.2, -0.15) is 5.26 Å². The van der Waals surface area contributed by atoms with E-state index in [0.717, 1.165) is 15.6 Å². The van der Waals surface area contributed by atoms with Crippen LogP contribution in [0.2, 0.25) is 5.02 Å². The quantitative estimate of drug-likeness (QED) is 0.387. The number of nitrogens with zero attached hydrogens (tertiary/aromatic N) is 4. The second-order valence-corrected chi connectivity index (χ2v) is 11.2. The van der Waals surface area contributed by atoms with Crippen LogP contribution in [0.25, 0.3) is 0 Å². The molecule has 0 unspecified atom stereocenters. The van der Waals surface area contributed by atoms with Crippen molar-refractivity contribution < 1.29 is 14.3 Å². The molecule has 1 N–H and O–H groups in total. The summed E-state index contributed by atoms with van der Waals surface area (Å²) >= 11 is 9.79. The number of amides is 3. The van der Waals surface area contributed by atoms with E-state index >= 15 is 0 Å². The van der Waals surface area contributed by atoms with E-state index in [4.69, 9.17) is 21.3 Å². The number of ether oxygens (including phenoxy) is 1. The molecule has 0 radical (unpaired) electrons. The van der Waals surface area contributed by atoms with E-state index in [2.05, 4.69) is 27.3 Å². The number of amidine groups is 1. The molecule has 0 saturated carbocycles. The van der Waals surface area contributed by atoms with E-state index in [1.165, 1.54) is 4.90 Å². The Morgan fingerprint density at radius 3 is 2.60 bits per heavy atom. The van der Waals surface area contributed by atoms with Crippen LogP contribution in [0.3, 0.4) is 0 Å². The van der Waals surface area contributed by atoms with Crippen molar-refractivity contribution in [1.29, 1.82) is 5.26 Å². The van der Waals surface area contributed by atoms with Gasteiger partial charge in [-0.05, 0) is 67.4 Å². The fourth-order valence-corrected chi connectivity index (χ4v) is 5.51. The molecule has 204 valence electrons. The molecule has 3 aromatic carbocycles. The number of benzene rings is 3. The zero-order valence-electron chi connectivity index (χ0n) is 22.0. The Morgan fingerprint density at radius 2 is 1.93 bits per heavy atom. The van der Waals surface area contributed by atoms with Gasteiger partial charge < -0.3 is 15.0 Å². The monoisotopic (exact) mass is 619 g/mol. The van der Waals surface area contributed by atoms with Gasteiger partial charge in [0.25, 0.3) is 0 Å². The highest BCUT2D eigenvalue weighted by molar-refractivity contribution is 9.10. The maximum absolute atomic E-state index is 14.4. The highest BCUT2D eigenvalue weighted by Crippen LogP contribution is 2.45. The van der Waals surface area contributed by atoms with E-state index in [9.17, 15) is 14.9 Å². The van der Waals surface area contributed by atoms with E-state index < -0.39 is 12.1 Å². The highest BCUT2D eigenvalue weighted by atomic mass is 79.9. The van der Waals surface area contributed by atoms with Gasteiger partial charge in [-0.25, -0.2) is 4.79 Å². The molecule has 1 saturated heterocycles. The third kappa shape index (κ3) is 5.69. The number of rotatable bonds is 5. The van der Waals surface area contributed by atoms with Crippen molar-refractivity contribution in [3.8, 4) is 11.8 Å². The van der Waals surface area contributed by atoms with Crippen LogP contribution in [0, 0.1) is 11.3 Å². The lowest BCUT2D eigenvalue weighted by Gasteiger charge is -2.36. The summed E-state index contributed by atoms with van der Waals surface area (Å²) in [7, 11) is 0. The summed E-state index contributed by atoms with van der Waals surface area (Å²) in [6.45, 7) is 4.48. The first-order valence-corrected chi connectivity index (χ1v) is 14.1. The molecule has 40 heavy (non-hydrogen) atoms. The van der Waals surface area contributed by atoms with Crippen LogP contribution < -0.4 is 10.1 Å². The Kier molecular flexibility index (Phi) is 8.10. The van der Waals surface area contributed by atoms with Crippen LogP contribution in [0.15, 0.2) is 76.2 Å². The normalized spacial score (nSPS) is 18.8. The molecule has 3 aromatic rings. The Bertz CT molecular complexity index is 1520. The molecule has 0 aromatic heterocycles. The smallest absolute Gasteiger partial charge is 0.326 e. The molecule has 2 aliphatic heterocycles. The lowest BCUT2D eigenvalue weighted by molar-refractivity contribution is -0.123. The van der Waals surface area contributed by atoms with Crippen molar-refractivity contribution >= 4 is 45.3 Å². The minimum atomic E-state index is -0.534. The van der Waals surface area contributed by atoms with Crippen molar-refractivity contribution in [1.82, 2.24) is 15.1 Å². The van der Waals surface area contributed by atoms with Crippen LogP contribution >= 0.6 is 27.5 Å². The molecular formula is C30H27BrClN5O3. The van der Waals surface area contributed by atoms with Gasteiger partial charge in [-0.15, -0.1) is 0 Å². The van der Waals surface area contributed by atoms with Gasteiger partial charge in [0, 0.05) is 22.6 Å². The molecule has 0 aliphatic carbocycles. The standard InChI is InChI=1S/C30H27BrClN5O3/c1-18(2)40-25-14-19(16-33)6-11-24(25)29-35-27(20-7-9-23(32)10-8-20)28(21-4-3-5-22(31)15-21)37(29)30(39)36-13-12-34-26(38)17-36/h3-11,14-15,18,27-28H,12-13,17H2,1-2H3,(H,34,38)/t27-,28+/m0/s1. The Labute approximate surface area is 246 Å². The molecule has 1 fully saturated rings. The van der Waals surface area contributed by atoms with Gasteiger partial charge in [0.15, 0.2) is 0 Å². The van der Waals surface area contributed by atoms with Crippen LogP contribution in [-0.2, 0) is 4.79 Å². The van der Waals surface area contributed by atoms with Crippen molar-refractivity contribution in [2.24, 2.45) is 4.99 Å². The van der Waals surface area contributed by atoms with Crippen molar-refractivity contribution in [2.45, 2.75) is 32.0 Å². The molecule has 3 amide bonds. The van der Waals surface area contributed by atoms with Gasteiger partial charge in [-0.1, -0.05) is 51.8 Å². The van der Waals surface area contributed by atoms with Crippen LogP contribution in [0.5, 0.6) is 5.75 Å². The predicted octanol–water partition coefficient (Wildman–Crippen LogP) is 5.86. The number of hydrogen-bond acceptors (Lipinski definition) is 5. The highest BCUT2D eigenvalue weighted by Gasteiger charge is 2.45. The number of carbonyl (C=O) groups excluding carboxylic acids is 2. The number of aliphatic imine (C=N–C) groups is 1. The SMILES string of the molecule is CC(C)Oc1cc(C#N)ccc1C1=N[C@@H](c2ccc(Cl)cc2)[C@@H](c2cccc(Br)c2)N1C(=O)N1CCNC(=O)C1. The minimum absolute atomic E-state index is 0.0534. The summed E-state index contributed by atoms with van der Waals surface area (Å²) in [4.78, 5) is 35.0. The number of urea groups is 1. The van der Waals surface area contributed by atoms with Crippen molar-refractivity contribution in [3.05, 3.63) is 98.5 Å². The molecular weight excluding hydrogens is 594 g/mol. The summed E-state index contributed by atoms with van der Waals surface area (Å²) in [5, 5.41) is 12.9. The first-order chi connectivity index (χ1) is 19.2. The van der Waals surface area contributed by atoms with Crippen LogP contribution in [-0.4, -0.2) is 53.3 Å². The Hall–Kier alpha value is -3.87. The van der Waals surface area contributed by atoms with E-state index in [1.807, 2.05) is 50.2 Å². The van der Waals surface area contributed by atoms with Gasteiger partial charge in [0.2, 0.25) is 5.91 Å². The third-order valence-electron chi connectivity index (χ3n) is 6.70.